The van der Waals surface area contributed by atoms with Crippen LogP contribution in [0.25, 0.3) is 0 Å². The molecule has 1 saturated carbocycles. The second-order valence-corrected chi connectivity index (χ2v) is 4.24. The summed E-state index contributed by atoms with van der Waals surface area (Å²) in [5.74, 6) is 5.94. The Morgan fingerprint density at radius 3 is 2.57 bits per heavy atom. The quantitative estimate of drug-likeness (QED) is 0.682. The van der Waals surface area contributed by atoms with E-state index in [0.29, 0.717) is 18.8 Å². The van der Waals surface area contributed by atoms with Crippen LogP contribution >= 0.6 is 0 Å². The molecule has 1 aliphatic carbocycles. The van der Waals surface area contributed by atoms with Crippen molar-refractivity contribution in [2.45, 2.75) is 51.6 Å². The van der Waals surface area contributed by atoms with Gasteiger partial charge in [-0.25, -0.2) is 0 Å². The van der Waals surface area contributed by atoms with E-state index >= 15 is 0 Å². The monoisotopic (exact) mass is 194 g/mol. The van der Waals surface area contributed by atoms with E-state index < -0.39 is 5.60 Å². The maximum absolute atomic E-state index is 11.6. The Bertz CT molecular complexity index is 262. The van der Waals surface area contributed by atoms with Gasteiger partial charge >= 0.3 is 0 Å². The fourth-order valence-corrected chi connectivity index (χ4v) is 1.85. The third kappa shape index (κ3) is 2.59. The maximum Gasteiger partial charge on any atom is 0.176 e. The topological polar surface area (TPSA) is 37.3 Å². The third-order valence-corrected chi connectivity index (χ3v) is 3.05. The molecule has 0 spiro atoms. The van der Waals surface area contributed by atoms with Crippen molar-refractivity contribution in [3.8, 4) is 11.8 Å². The average Bonchev–Trinajstić information content (AvgIpc) is 2.19. The summed E-state index contributed by atoms with van der Waals surface area (Å²) in [5.41, 5.74) is -1.07. The van der Waals surface area contributed by atoms with Crippen molar-refractivity contribution in [3.63, 3.8) is 0 Å². The SMILES string of the molecule is CC#CCC(=O)C1(O)CCC(C)CC1. The summed E-state index contributed by atoms with van der Waals surface area (Å²) in [4.78, 5) is 11.6. The summed E-state index contributed by atoms with van der Waals surface area (Å²) < 4.78 is 0. The van der Waals surface area contributed by atoms with Gasteiger partial charge in [0.2, 0.25) is 0 Å². The molecular weight excluding hydrogens is 176 g/mol. The first-order valence-electron chi connectivity index (χ1n) is 5.24. The van der Waals surface area contributed by atoms with Gasteiger partial charge in [-0.2, -0.15) is 0 Å². The Morgan fingerprint density at radius 1 is 1.50 bits per heavy atom. The lowest BCUT2D eigenvalue weighted by Crippen LogP contribution is -2.41. The van der Waals surface area contributed by atoms with Crippen LogP contribution in [0.3, 0.4) is 0 Å². The van der Waals surface area contributed by atoms with Crippen LogP contribution in [0.15, 0.2) is 0 Å². The molecule has 0 heterocycles. The van der Waals surface area contributed by atoms with Crippen LogP contribution < -0.4 is 0 Å². The first kappa shape index (κ1) is 11.3. The highest BCUT2D eigenvalue weighted by molar-refractivity contribution is 5.89. The molecule has 0 radical (unpaired) electrons. The molecule has 0 amide bonds. The van der Waals surface area contributed by atoms with E-state index in [0.717, 1.165) is 12.8 Å². The highest BCUT2D eigenvalue weighted by atomic mass is 16.3. The predicted molar refractivity (Wildman–Crippen MR) is 55.7 cm³/mol. The van der Waals surface area contributed by atoms with Crippen molar-refractivity contribution in [1.82, 2.24) is 0 Å². The zero-order valence-electron chi connectivity index (χ0n) is 8.97. The summed E-state index contributed by atoms with van der Waals surface area (Å²) in [5, 5.41) is 10.1. The smallest absolute Gasteiger partial charge is 0.176 e. The molecule has 1 aliphatic rings. The fraction of sp³-hybridized carbons (Fsp3) is 0.750. The molecule has 1 N–H and O–H groups in total. The summed E-state index contributed by atoms with van der Waals surface area (Å²) >= 11 is 0. The van der Waals surface area contributed by atoms with Gasteiger partial charge in [-0.3, -0.25) is 4.79 Å². The second-order valence-electron chi connectivity index (χ2n) is 4.24. The van der Waals surface area contributed by atoms with Crippen LogP contribution in [-0.4, -0.2) is 16.5 Å². The molecule has 2 nitrogen and oxygen atoms in total. The Labute approximate surface area is 85.7 Å². The molecule has 1 fully saturated rings. The van der Waals surface area contributed by atoms with Crippen molar-refractivity contribution in [1.29, 1.82) is 0 Å². The Kier molecular flexibility index (Phi) is 3.71. The summed E-state index contributed by atoms with van der Waals surface area (Å²) in [6, 6.07) is 0. The molecule has 78 valence electrons. The minimum Gasteiger partial charge on any atom is -0.382 e. The highest BCUT2D eigenvalue weighted by Gasteiger charge is 2.37. The average molecular weight is 194 g/mol. The van der Waals surface area contributed by atoms with Gasteiger partial charge in [0.25, 0.3) is 0 Å². The van der Waals surface area contributed by atoms with Crippen molar-refractivity contribution in [3.05, 3.63) is 0 Å². The minimum absolute atomic E-state index is 0.0984. The van der Waals surface area contributed by atoms with E-state index in [4.69, 9.17) is 0 Å². The van der Waals surface area contributed by atoms with E-state index in [-0.39, 0.29) is 12.2 Å². The van der Waals surface area contributed by atoms with E-state index in [1.54, 1.807) is 6.92 Å². The van der Waals surface area contributed by atoms with E-state index in [9.17, 15) is 9.90 Å². The van der Waals surface area contributed by atoms with Gasteiger partial charge < -0.3 is 5.11 Å². The Hall–Kier alpha value is -0.810. The van der Waals surface area contributed by atoms with Crippen molar-refractivity contribution < 1.29 is 9.90 Å². The first-order chi connectivity index (χ1) is 6.58. The number of ketones is 1. The third-order valence-electron chi connectivity index (χ3n) is 3.05. The zero-order valence-corrected chi connectivity index (χ0v) is 8.97. The number of hydrogen-bond donors (Lipinski definition) is 1. The predicted octanol–water partition coefficient (Wildman–Crippen LogP) is 1.91. The van der Waals surface area contributed by atoms with Gasteiger partial charge in [0.15, 0.2) is 5.78 Å². The molecule has 14 heavy (non-hydrogen) atoms. The number of rotatable bonds is 2. The van der Waals surface area contributed by atoms with Crippen LogP contribution in [0, 0.1) is 17.8 Å². The lowest BCUT2D eigenvalue weighted by molar-refractivity contribution is -0.140. The Morgan fingerprint density at radius 2 is 2.07 bits per heavy atom. The van der Waals surface area contributed by atoms with Crippen molar-refractivity contribution in [2.24, 2.45) is 5.92 Å². The van der Waals surface area contributed by atoms with Crippen LogP contribution in [0.5, 0.6) is 0 Å². The Balaban J connectivity index is 2.55. The van der Waals surface area contributed by atoms with Gasteiger partial charge in [-0.1, -0.05) is 12.8 Å². The normalized spacial score (nSPS) is 31.8. The first-order valence-corrected chi connectivity index (χ1v) is 5.24. The molecule has 0 aromatic rings. The number of hydrogen-bond acceptors (Lipinski definition) is 2. The molecule has 0 aliphatic heterocycles. The lowest BCUT2D eigenvalue weighted by Gasteiger charge is -2.33. The van der Waals surface area contributed by atoms with Gasteiger partial charge in [0.05, 0.1) is 6.42 Å². The van der Waals surface area contributed by atoms with Gasteiger partial charge in [-0.15, -0.1) is 5.92 Å². The van der Waals surface area contributed by atoms with Crippen molar-refractivity contribution >= 4 is 5.78 Å². The molecule has 0 unspecified atom stereocenters. The zero-order chi connectivity index (χ0) is 10.6. The van der Waals surface area contributed by atoms with Gasteiger partial charge in [-0.05, 0) is 38.5 Å². The second kappa shape index (κ2) is 4.61. The molecule has 0 aromatic carbocycles. The standard InChI is InChI=1S/C12H18O2/c1-3-4-5-11(13)12(14)8-6-10(2)7-9-12/h10,14H,5-9H2,1-2H3. The van der Waals surface area contributed by atoms with Gasteiger partial charge in [0.1, 0.15) is 5.60 Å². The summed E-state index contributed by atoms with van der Waals surface area (Å²) in [7, 11) is 0. The van der Waals surface area contributed by atoms with Crippen LogP contribution in [-0.2, 0) is 4.79 Å². The summed E-state index contributed by atoms with van der Waals surface area (Å²) in [6.07, 6.45) is 3.31. The van der Waals surface area contributed by atoms with Crippen LogP contribution in [0.1, 0.15) is 46.0 Å². The molecule has 2 heteroatoms. The largest absolute Gasteiger partial charge is 0.382 e. The lowest BCUT2D eigenvalue weighted by atomic mass is 9.77. The molecule has 0 aromatic heterocycles. The van der Waals surface area contributed by atoms with Crippen molar-refractivity contribution in [2.75, 3.05) is 0 Å². The summed E-state index contributed by atoms with van der Waals surface area (Å²) in [6.45, 7) is 3.87. The molecule has 0 atom stereocenters. The van der Waals surface area contributed by atoms with Crippen LogP contribution in [0.2, 0.25) is 0 Å². The van der Waals surface area contributed by atoms with Crippen LogP contribution in [0.4, 0.5) is 0 Å². The molecule has 1 rings (SSSR count). The minimum atomic E-state index is -1.07. The van der Waals surface area contributed by atoms with E-state index in [2.05, 4.69) is 18.8 Å². The maximum atomic E-state index is 11.6. The molecular formula is C12H18O2. The van der Waals surface area contributed by atoms with Gasteiger partial charge in [0, 0.05) is 0 Å². The van der Waals surface area contributed by atoms with E-state index in [1.807, 2.05) is 0 Å². The number of carbonyl (C=O) groups is 1. The highest BCUT2D eigenvalue weighted by Crippen LogP contribution is 2.32. The molecule has 0 saturated heterocycles. The fourth-order valence-electron chi connectivity index (χ4n) is 1.85. The molecule has 0 bridgehead atoms. The number of carbonyl (C=O) groups excluding carboxylic acids is 1. The number of Topliss-reactive ketones (excluding diaryl/α,β-unsaturated/α-hetero) is 1. The van der Waals surface area contributed by atoms with E-state index in [1.165, 1.54) is 0 Å². The number of aliphatic hydroxyl groups is 1.